The molecule has 7 heteroatoms. The van der Waals surface area contributed by atoms with Crippen LogP contribution in [-0.2, 0) is 0 Å². The van der Waals surface area contributed by atoms with E-state index in [2.05, 4.69) is 10.1 Å². The first-order chi connectivity index (χ1) is 12.5. The highest BCUT2D eigenvalue weighted by Crippen LogP contribution is 2.27. The Hall–Kier alpha value is -2.86. The number of amides is 1. The molecule has 26 heavy (non-hydrogen) atoms. The fraction of sp³-hybridized carbons (Fsp3) is 0.211. The second kappa shape index (κ2) is 7.58. The topological polar surface area (TPSA) is 60.2 Å². The van der Waals surface area contributed by atoms with Crippen LogP contribution in [0, 0.1) is 0 Å². The lowest BCUT2D eigenvalue weighted by atomic mass is 10.1. The highest BCUT2D eigenvalue weighted by atomic mass is 35.5. The van der Waals surface area contributed by atoms with Crippen molar-refractivity contribution in [1.29, 1.82) is 0 Å². The minimum atomic E-state index is -0.155. The van der Waals surface area contributed by atoms with Crippen LogP contribution in [-0.4, -0.2) is 39.7 Å². The highest BCUT2D eigenvalue weighted by molar-refractivity contribution is 6.31. The van der Waals surface area contributed by atoms with Crippen LogP contribution < -0.4 is 4.74 Å². The molecule has 2 aromatic carbocycles. The zero-order valence-electron chi connectivity index (χ0n) is 14.8. The quantitative estimate of drug-likeness (QED) is 0.686. The van der Waals surface area contributed by atoms with Crippen molar-refractivity contribution < 1.29 is 9.53 Å². The lowest BCUT2D eigenvalue weighted by Gasteiger charge is -2.26. The zero-order valence-corrected chi connectivity index (χ0v) is 15.5. The number of aromatic nitrogens is 3. The first kappa shape index (κ1) is 17.9. The van der Waals surface area contributed by atoms with Gasteiger partial charge in [-0.1, -0.05) is 23.7 Å². The molecule has 134 valence electrons. The lowest BCUT2D eigenvalue weighted by Crippen LogP contribution is -2.30. The van der Waals surface area contributed by atoms with Crippen LogP contribution in [0.3, 0.4) is 0 Å². The smallest absolute Gasteiger partial charge is 0.257 e. The number of methoxy groups -OCH3 is 1. The van der Waals surface area contributed by atoms with Crippen LogP contribution >= 0.6 is 11.6 Å². The fourth-order valence-corrected chi connectivity index (χ4v) is 2.86. The van der Waals surface area contributed by atoms with Gasteiger partial charge in [-0.05, 0) is 42.8 Å². The SMILES string of the molecule is COc1ccc(Cl)cc1C(=O)N(C)[C@H](C)c1ccc(-n2cncn2)cc1. The second-order valence-electron chi connectivity index (χ2n) is 5.87. The molecular formula is C19H19ClN4O2. The Morgan fingerprint density at radius 2 is 1.96 bits per heavy atom. The second-order valence-corrected chi connectivity index (χ2v) is 6.30. The summed E-state index contributed by atoms with van der Waals surface area (Å²) in [5.74, 6) is 0.345. The maximum absolute atomic E-state index is 12.9. The van der Waals surface area contributed by atoms with E-state index in [-0.39, 0.29) is 11.9 Å². The van der Waals surface area contributed by atoms with E-state index in [1.807, 2.05) is 31.2 Å². The third kappa shape index (κ3) is 3.55. The van der Waals surface area contributed by atoms with Gasteiger partial charge in [-0.2, -0.15) is 5.10 Å². The minimum absolute atomic E-state index is 0.129. The van der Waals surface area contributed by atoms with Crippen molar-refractivity contribution >= 4 is 17.5 Å². The van der Waals surface area contributed by atoms with E-state index >= 15 is 0 Å². The summed E-state index contributed by atoms with van der Waals surface area (Å²) >= 11 is 6.05. The number of ether oxygens (including phenoxy) is 1. The van der Waals surface area contributed by atoms with Crippen LogP contribution in [0.4, 0.5) is 0 Å². The molecule has 1 atom stereocenters. The number of carbonyl (C=O) groups is 1. The van der Waals surface area contributed by atoms with Crippen molar-refractivity contribution in [1.82, 2.24) is 19.7 Å². The van der Waals surface area contributed by atoms with E-state index < -0.39 is 0 Å². The van der Waals surface area contributed by atoms with Gasteiger partial charge in [0.15, 0.2) is 0 Å². The van der Waals surface area contributed by atoms with Crippen LogP contribution in [0.25, 0.3) is 5.69 Å². The Balaban J connectivity index is 1.82. The van der Waals surface area contributed by atoms with Crippen LogP contribution in [0.15, 0.2) is 55.1 Å². The lowest BCUT2D eigenvalue weighted by molar-refractivity contribution is 0.0739. The predicted octanol–water partition coefficient (Wildman–Crippen LogP) is 3.76. The van der Waals surface area contributed by atoms with E-state index in [1.54, 1.807) is 41.2 Å². The minimum Gasteiger partial charge on any atom is -0.496 e. The standard InChI is InChI=1S/C19H19ClN4O2/c1-13(14-4-7-16(8-5-14)24-12-21-11-22-24)23(2)19(25)17-10-15(20)6-9-18(17)26-3/h4-13H,1-3H3/t13-/m1/s1. The van der Waals surface area contributed by atoms with Gasteiger partial charge in [0, 0.05) is 12.1 Å². The number of hydrogen-bond donors (Lipinski definition) is 0. The third-order valence-corrected chi connectivity index (χ3v) is 4.59. The Bertz CT molecular complexity index is 894. The molecule has 0 spiro atoms. The Kier molecular flexibility index (Phi) is 5.23. The average Bonchev–Trinajstić information content (AvgIpc) is 3.21. The van der Waals surface area contributed by atoms with Gasteiger partial charge in [-0.15, -0.1) is 0 Å². The summed E-state index contributed by atoms with van der Waals surface area (Å²) in [5.41, 5.74) is 2.35. The number of carbonyl (C=O) groups excluding carboxylic acids is 1. The molecule has 0 saturated heterocycles. The maximum Gasteiger partial charge on any atom is 0.257 e. The van der Waals surface area contributed by atoms with Crippen LogP contribution in [0.1, 0.15) is 28.9 Å². The van der Waals surface area contributed by atoms with Crippen molar-refractivity contribution in [3.05, 3.63) is 71.3 Å². The summed E-state index contributed by atoms with van der Waals surface area (Å²) < 4.78 is 6.97. The number of hydrogen-bond acceptors (Lipinski definition) is 4. The highest BCUT2D eigenvalue weighted by Gasteiger charge is 2.22. The molecule has 0 aliphatic heterocycles. The third-order valence-electron chi connectivity index (χ3n) is 4.35. The molecule has 0 saturated carbocycles. The van der Waals surface area contributed by atoms with E-state index in [0.717, 1.165) is 11.3 Å². The number of nitrogens with zero attached hydrogens (tertiary/aromatic N) is 4. The van der Waals surface area contributed by atoms with Gasteiger partial charge in [-0.25, -0.2) is 9.67 Å². The van der Waals surface area contributed by atoms with Crippen molar-refractivity contribution in [3.8, 4) is 11.4 Å². The van der Waals surface area contributed by atoms with Gasteiger partial charge in [0.05, 0.1) is 24.4 Å². The van der Waals surface area contributed by atoms with Gasteiger partial charge in [-0.3, -0.25) is 4.79 Å². The van der Waals surface area contributed by atoms with E-state index in [1.165, 1.54) is 13.4 Å². The molecule has 0 radical (unpaired) electrons. The van der Waals surface area contributed by atoms with Gasteiger partial charge in [0.25, 0.3) is 5.91 Å². The molecule has 0 aliphatic carbocycles. The molecule has 1 heterocycles. The predicted molar refractivity (Wildman–Crippen MR) is 99.9 cm³/mol. The van der Waals surface area contributed by atoms with Crippen molar-refractivity contribution in [2.24, 2.45) is 0 Å². The van der Waals surface area contributed by atoms with Gasteiger partial charge >= 0.3 is 0 Å². The monoisotopic (exact) mass is 370 g/mol. The summed E-state index contributed by atoms with van der Waals surface area (Å²) in [6.45, 7) is 1.97. The van der Waals surface area contributed by atoms with E-state index in [4.69, 9.17) is 16.3 Å². The largest absolute Gasteiger partial charge is 0.496 e. The van der Waals surface area contributed by atoms with Crippen molar-refractivity contribution in [2.75, 3.05) is 14.2 Å². The molecule has 0 aliphatic rings. The first-order valence-electron chi connectivity index (χ1n) is 8.07. The number of benzene rings is 2. The summed E-state index contributed by atoms with van der Waals surface area (Å²) in [7, 11) is 3.30. The summed E-state index contributed by atoms with van der Waals surface area (Å²) in [6, 6.07) is 12.7. The van der Waals surface area contributed by atoms with Crippen LogP contribution in [0.5, 0.6) is 5.75 Å². The zero-order chi connectivity index (χ0) is 18.7. The maximum atomic E-state index is 12.9. The molecule has 6 nitrogen and oxygen atoms in total. The Morgan fingerprint density at radius 3 is 2.58 bits per heavy atom. The molecular weight excluding hydrogens is 352 g/mol. The molecule has 0 fully saturated rings. The van der Waals surface area contributed by atoms with E-state index in [9.17, 15) is 4.79 Å². The molecule has 0 bridgehead atoms. The first-order valence-corrected chi connectivity index (χ1v) is 8.44. The summed E-state index contributed by atoms with van der Waals surface area (Å²) in [6.07, 6.45) is 3.13. The molecule has 0 N–H and O–H groups in total. The number of halogens is 1. The van der Waals surface area contributed by atoms with Gasteiger partial charge < -0.3 is 9.64 Å². The van der Waals surface area contributed by atoms with Crippen LogP contribution in [0.2, 0.25) is 5.02 Å². The fourth-order valence-electron chi connectivity index (χ4n) is 2.68. The normalized spacial score (nSPS) is 11.8. The van der Waals surface area contributed by atoms with Gasteiger partial charge in [0.2, 0.25) is 0 Å². The Morgan fingerprint density at radius 1 is 1.23 bits per heavy atom. The van der Waals surface area contributed by atoms with E-state index in [0.29, 0.717) is 16.3 Å². The Labute approximate surface area is 157 Å². The average molecular weight is 371 g/mol. The van der Waals surface area contributed by atoms with Crippen molar-refractivity contribution in [3.63, 3.8) is 0 Å². The summed E-state index contributed by atoms with van der Waals surface area (Å²) in [5, 5.41) is 4.60. The molecule has 0 unspecified atom stereocenters. The molecule has 1 aromatic heterocycles. The summed E-state index contributed by atoms with van der Waals surface area (Å²) in [4.78, 5) is 18.5. The molecule has 1 amide bonds. The van der Waals surface area contributed by atoms with Gasteiger partial charge in [0.1, 0.15) is 18.4 Å². The molecule has 3 aromatic rings. The van der Waals surface area contributed by atoms with Crippen molar-refractivity contribution in [2.45, 2.75) is 13.0 Å². The number of rotatable bonds is 5. The molecule has 3 rings (SSSR count).